The van der Waals surface area contributed by atoms with Gasteiger partial charge in [-0.1, -0.05) is 6.58 Å². The largest absolute Gasteiger partial charge is 0.478 e. The van der Waals surface area contributed by atoms with E-state index in [0.29, 0.717) is 19.5 Å². The Morgan fingerprint density at radius 3 is 2.60 bits per heavy atom. The van der Waals surface area contributed by atoms with Gasteiger partial charge in [0.05, 0.1) is 11.5 Å². The van der Waals surface area contributed by atoms with Crippen molar-refractivity contribution in [3.63, 3.8) is 0 Å². The molecular formula is C9H15NO4S. The van der Waals surface area contributed by atoms with E-state index in [-0.39, 0.29) is 23.6 Å². The van der Waals surface area contributed by atoms with Gasteiger partial charge in [0.1, 0.15) is 0 Å². The summed E-state index contributed by atoms with van der Waals surface area (Å²) in [6, 6.07) is 0. The zero-order valence-electron chi connectivity index (χ0n) is 8.48. The van der Waals surface area contributed by atoms with Crippen LogP contribution in [0, 0.1) is 0 Å². The molecule has 0 unspecified atom stereocenters. The van der Waals surface area contributed by atoms with E-state index in [9.17, 15) is 13.2 Å². The van der Waals surface area contributed by atoms with Gasteiger partial charge in [-0.25, -0.2) is 13.2 Å². The number of sulfone groups is 1. The van der Waals surface area contributed by atoms with Crippen molar-refractivity contribution in [3.8, 4) is 0 Å². The van der Waals surface area contributed by atoms with E-state index in [1.807, 2.05) is 4.90 Å². The Morgan fingerprint density at radius 1 is 1.33 bits per heavy atom. The van der Waals surface area contributed by atoms with E-state index in [1.54, 1.807) is 0 Å². The summed E-state index contributed by atoms with van der Waals surface area (Å²) < 4.78 is 22.5. The van der Waals surface area contributed by atoms with Gasteiger partial charge in [-0.15, -0.1) is 0 Å². The van der Waals surface area contributed by atoms with E-state index < -0.39 is 15.8 Å². The fourth-order valence-electron chi connectivity index (χ4n) is 1.49. The number of carbonyl (C=O) groups is 1. The van der Waals surface area contributed by atoms with Gasteiger partial charge in [-0.05, 0) is 13.0 Å². The maximum absolute atomic E-state index is 11.3. The van der Waals surface area contributed by atoms with E-state index in [2.05, 4.69) is 6.58 Å². The second kappa shape index (κ2) is 4.76. The number of nitrogens with zero attached hydrogens (tertiary/aromatic N) is 1. The summed E-state index contributed by atoms with van der Waals surface area (Å²) in [4.78, 5) is 12.4. The lowest BCUT2D eigenvalue weighted by Crippen LogP contribution is -2.30. The van der Waals surface area contributed by atoms with Gasteiger partial charge >= 0.3 is 5.97 Å². The molecule has 0 aliphatic carbocycles. The Hall–Kier alpha value is -0.880. The van der Waals surface area contributed by atoms with Crippen molar-refractivity contribution in [1.29, 1.82) is 0 Å². The molecule has 0 atom stereocenters. The van der Waals surface area contributed by atoms with Gasteiger partial charge in [0.15, 0.2) is 9.84 Å². The molecule has 0 spiro atoms. The van der Waals surface area contributed by atoms with Crippen LogP contribution in [0.3, 0.4) is 0 Å². The third-order valence-electron chi connectivity index (χ3n) is 2.37. The van der Waals surface area contributed by atoms with Gasteiger partial charge in [0.25, 0.3) is 0 Å². The van der Waals surface area contributed by atoms with Gasteiger partial charge in [-0.3, -0.25) is 4.90 Å². The van der Waals surface area contributed by atoms with Crippen molar-refractivity contribution >= 4 is 15.8 Å². The van der Waals surface area contributed by atoms with Gasteiger partial charge in [-0.2, -0.15) is 0 Å². The molecule has 0 aromatic carbocycles. The van der Waals surface area contributed by atoms with Crippen LogP contribution in [0.15, 0.2) is 12.2 Å². The molecule has 86 valence electrons. The predicted molar refractivity (Wildman–Crippen MR) is 56.5 cm³/mol. The monoisotopic (exact) mass is 233 g/mol. The first kappa shape index (κ1) is 12.2. The summed E-state index contributed by atoms with van der Waals surface area (Å²) in [5.74, 6) is -0.717. The molecule has 15 heavy (non-hydrogen) atoms. The van der Waals surface area contributed by atoms with Crippen molar-refractivity contribution < 1.29 is 18.3 Å². The predicted octanol–water partition coefficient (Wildman–Crippen LogP) is -0.252. The van der Waals surface area contributed by atoms with Crippen LogP contribution in [0.5, 0.6) is 0 Å². The minimum atomic E-state index is -2.93. The summed E-state index contributed by atoms with van der Waals surface area (Å²) in [7, 11) is -2.93. The first-order valence-electron chi connectivity index (χ1n) is 4.74. The summed E-state index contributed by atoms with van der Waals surface area (Å²) in [6.45, 7) is 4.68. The first-order chi connectivity index (χ1) is 6.91. The molecule has 1 heterocycles. The Morgan fingerprint density at radius 2 is 2.00 bits per heavy atom. The molecule has 0 amide bonds. The lowest BCUT2D eigenvalue weighted by Gasteiger charge is -2.18. The van der Waals surface area contributed by atoms with Crippen LogP contribution in [0.25, 0.3) is 0 Å². The van der Waals surface area contributed by atoms with Crippen molar-refractivity contribution in [1.82, 2.24) is 4.90 Å². The van der Waals surface area contributed by atoms with Gasteiger partial charge < -0.3 is 5.11 Å². The summed E-state index contributed by atoms with van der Waals surface area (Å²) in [5.41, 5.74) is 0.106. The van der Waals surface area contributed by atoms with Crippen molar-refractivity contribution in [2.75, 3.05) is 31.1 Å². The zero-order chi connectivity index (χ0) is 11.5. The molecule has 0 bridgehead atoms. The lowest BCUT2D eigenvalue weighted by molar-refractivity contribution is -0.132. The number of hydrogen-bond donors (Lipinski definition) is 1. The third-order valence-corrected chi connectivity index (χ3v) is 4.08. The molecular weight excluding hydrogens is 218 g/mol. The minimum Gasteiger partial charge on any atom is -0.478 e. The molecule has 0 saturated carbocycles. The quantitative estimate of drug-likeness (QED) is 0.680. The highest BCUT2D eigenvalue weighted by Crippen LogP contribution is 2.06. The number of aliphatic carboxylic acids is 1. The topological polar surface area (TPSA) is 74.7 Å². The molecule has 0 aromatic rings. The van der Waals surface area contributed by atoms with E-state index in [0.717, 1.165) is 0 Å². The van der Waals surface area contributed by atoms with E-state index >= 15 is 0 Å². The highest BCUT2D eigenvalue weighted by Gasteiger charge is 2.20. The minimum absolute atomic E-state index is 0.106. The van der Waals surface area contributed by atoms with Crippen LogP contribution in [0.2, 0.25) is 0 Å². The second-order valence-corrected chi connectivity index (χ2v) is 5.99. The Kier molecular flexibility index (Phi) is 3.87. The molecule has 1 saturated heterocycles. The van der Waals surface area contributed by atoms with E-state index in [1.165, 1.54) is 0 Å². The normalized spacial score (nSPS) is 21.9. The molecule has 1 N–H and O–H groups in total. The average Bonchev–Trinajstić information content (AvgIpc) is 2.28. The van der Waals surface area contributed by atoms with Crippen LogP contribution in [-0.4, -0.2) is 55.5 Å². The van der Waals surface area contributed by atoms with Gasteiger partial charge in [0, 0.05) is 18.7 Å². The third kappa shape index (κ3) is 4.01. The maximum Gasteiger partial charge on any atom is 0.332 e. The molecule has 6 heteroatoms. The van der Waals surface area contributed by atoms with Crippen molar-refractivity contribution in [3.05, 3.63) is 12.2 Å². The molecule has 0 aromatic heterocycles. The first-order valence-corrected chi connectivity index (χ1v) is 6.57. The second-order valence-electron chi connectivity index (χ2n) is 3.69. The Bertz CT molecular complexity index is 360. The fraction of sp³-hybridized carbons (Fsp3) is 0.667. The highest BCUT2D eigenvalue weighted by molar-refractivity contribution is 7.91. The smallest absolute Gasteiger partial charge is 0.332 e. The molecule has 1 aliphatic rings. The fourth-order valence-corrected chi connectivity index (χ4v) is 2.80. The maximum atomic E-state index is 11.3. The summed E-state index contributed by atoms with van der Waals surface area (Å²) in [6.07, 6.45) is 0.565. The van der Waals surface area contributed by atoms with Gasteiger partial charge in [0.2, 0.25) is 0 Å². The Balaban J connectivity index is 2.52. The van der Waals surface area contributed by atoms with Crippen LogP contribution in [-0.2, 0) is 14.6 Å². The van der Waals surface area contributed by atoms with Crippen molar-refractivity contribution in [2.45, 2.75) is 6.42 Å². The van der Waals surface area contributed by atoms with Crippen LogP contribution in [0.1, 0.15) is 6.42 Å². The van der Waals surface area contributed by atoms with Crippen LogP contribution >= 0.6 is 0 Å². The molecule has 0 radical (unpaired) electrons. The van der Waals surface area contributed by atoms with E-state index in [4.69, 9.17) is 5.11 Å². The highest BCUT2D eigenvalue weighted by atomic mass is 32.2. The van der Waals surface area contributed by atoms with Crippen molar-refractivity contribution in [2.24, 2.45) is 0 Å². The number of rotatable bonds is 3. The molecule has 5 nitrogen and oxygen atoms in total. The number of carboxylic acid groups (broad SMARTS) is 1. The SMILES string of the molecule is C=C(CN1CCCS(=O)(=O)CC1)C(=O)O. The Labute approximate surface area is 89.3 Å². The lowest BCUT2D eigenvalue weighted by atomic mass is 10.2. The van der Waals surface area contributed by atoms with Crippen LogP contribution in [0.4, 0.5) is 0 Å². The molecule has 1 rings (SSSR count). The zero-order valence-corrected chi connectivity index (χ0v) is 9.29. The molecule has 1 fully saturated rings. The standard InChI is InChI=1S/C9H15NO4S/c1-8(9(11)12)7-10-3-2-5-15(13,14)6-4-10/h1-7H2,(H,11,12). The average molecular weight is 233 g/mol. The summed E-state index contributed by atoms with van der Waals surface area (Å²) >= 11 is 0. The van der Waals surface area contributed by atoms with Crippen LogP contribution < -0.4 is 0 Å². The number of carboxylic acids is 1. The number of hydrogen-bond acceptors (Lipinski definition) is 4. The molecule has 1 aliphatic heterocycles. The summed E-state index contributed by atoms with van der Waals surface area (Å²) in [5, 5.41) is 8.64.